The van der Waals surface area contributed by atoms with Crippen molar-refractivity contribution >= 4 is 29.2 Å². The predicted octanol–water partition coefficient (Wildman–Crippen LogP) is 2.06. The number of anilines is 2. The van der Waals surface area contributed by atoms with Crippen molar-refractivity contribution in [1.29, 1.82) is 0 Å². The highest BCUT2D eigenvalue weighted by Gasteiger charge is 2.29. The third-order valence-corrected chi connectivity index (χ3v) is 4.63. The number of pyridine rings is 1. The molecule has 0 spiro atoms. The van der Waals surface area contributed by atoms with Gasteiger partial charge < -0.3 is 16.2 Å². The number of nitrogens with zero attached hydrogens (tertiary/aromatic N) is 1. The summed E-state index contributed by atoms with van der Waals surface area (Å²) in [7, 11) is 0. The Morgan fingerprint density at radius 1 is 1.72 bits per heavy atom. The van der Waals surface area contributed by atoms with E-state index in [1.807, 2.05) is 11.8 Å². The topological polar surface area (TPSA) is 88.2 Å². The summed E-state index contributed by atoms with van der Waals surface area (Å²) in [6.07, 6.45) is 3.74. The number of rotatable bonds is 4. The predicted molar refractivity (Wildman–Crippen MR) is 74.2 cm³/mol. The molecule has 98 valence electrons. The van der Waals surface area contributed by atoms with E-state index >= 15 is 0 Å². The van der Waals surface area contributed by atoms with E-state index in [9.17, 15) is 4.79 Å². The summed E-state index contributed by atoms with van der Waals surface area (Å²) in [6, 6.07) is 1.43. The van der Waals surface area contributed by atoms with Crippen LogP contribution < -0.4 is 11.1 Å². The highest BCUT2D eigenvalue weighted by molar-refractivity contribution is 8.00. The first-order valence-electron chi connectivity index (χ1n) is 5.87. The Bertz CT molecular complexity index is 459. The zero-order valence-corrected chi connectivity index (χ0v) is 11.1. The Morgan fingerprint density at radius 2 is 2.50 bits per heavy atom. The largest absolute Gasteiger partial charge is 0.478 e. The Kier molecular flexibility index (Phi) is 3.65. The van der Waals surface area contributed by atoms with Crippen LogP contribution in [0.1, 0.15) is 30.1 Å². The molecule has 1 saturated heterocycles. The zero-order chi connectivity index (χ0) is 13.2. The molecule has 0 amide bonds. The maximum atomic E-state index is 10.8. The fourth-order valence-corrected chi connectivity index (χ4v) is 3.24. The first-order valence-corrected chi connectivity index (χ1v) is 6.85. The smallest absolute Gasteiger partial charge is 0.337 e. The van der Waals surface area contributed by atoms with Crippen LogP contribution in [0.5, 0.6) is 0 Å². The van der Waals surface area contributed by atoms with Gasteiger partial charge in [0, 0.05) is 17.5 Å². The van der Waals surface area contributed by atoms with Crippen molar-refractivity contribution in [2.45, 2.75) is 24.5 Å². The van der Waals surface area contributed by atoms with Crippen LogP contribution in [-0.2, 0) is 0 Å². The van der Waals surface area contributed by atoms with Crippen LogP contribution in [0.4, 0.5) is 11.5 Å². The van der Waals surface area contributed by atoms with Crippen molar-refractivity contribution < 1.29 is 9.90 Å². The summed E-state index contributed by atoms with van der Waals surface area (Å²) in [6.45, 7) is 3.01. The Hall–Kier alpha value is -1.43. The molecule has 1 atom stereocenters. The molecule has 5 nitrogen and oxygen atoms in total. The first kappa shape index (κ1) is 13.0. The molecule has 0 aromatic carbocycles. The Balaban J connectivity index is 2.03. The number of thioether (sulfide) groups is 1. The fourth-order valence-electron chi connectivity index (χ4n) is 1.99. The molecule has 0 aliphatic carbocycles. The number of carboxylic acids is 1. The average Bonchev–Trinajstić information content (AvgIpc) is 2.75. The molecular weight excluding hydrogens is 250 g/mol. The van der Waals surface area contributed by atoms with Gasteiger partial charge in [-0.3, -0.25) is 0 Å². The number of nitrogens with two attached hydrogens (primary N) is 1. The highest BCUT2D eigenvalue weighted by Crippen LogP contribution is 2.37. The van der Waals surface area contributed by atoms with Crippen LogP contribution in [-0.4, -0.2) is 33.1 Å². The maximum absolute atomic E-state index is 10.8. The average molecular weight is 267 g/mol. The number of carbonyl (C=O) groups is 1. The second kappa shape index (κ2) is 5.06. The molecule has 0 saturated carbocycles. The minimum Gasteiger partial charge on any atom is -0.478 e. The van der Waals surface area contributed by atoms with Crippen LogP contribution in [0.3, 0.4) is 0 Å². The van der Waals surface area contributed by atoms with Crippen molar-refractivity contribution in [3.05, 3.63) is 17.8 Å². The quantitative estimate of drug-likeness (QED) is 0.774. The number of nitrogens with one attached hydrogen (secondary N) is 1. The van der Waals surface area contributed by atoms with Crippen molar-refractivity contribution in [2.75, 3.05) is 23.3 Å². The van der Waals surface area contributed by atoms with E-state index in [2.05, 4.69) is 17.2 Å². The van der Waals surface area contributed by atoms with E-state index in [0.29, 0.717) is 11.5 Å². The zero-order valence-electron chi connectivity index (χ0n) is 10.3. The molecule has 1 fully saturated rings. The van der Waals surface area contributed by atoms with Gasteiger partial charge in [-0.25, -0.2) is 9.78 Å². The van der Waals surface area contributed by atoms with Gasteiger partial charge in [-0.05, 0) is 31.6 Å². The van der Waals surface area contributed by atoms with Crippen molar-refractivity contribution in [2.24, 2.45) is 0 Å². The number of hydrogen-bond acceptors (Lipinski definition) is 5. The molecule has 18 heavy (non-hydrogen) atoms. The van der Waals surface area contributed by atoms with Gasteiger partial charge in [-0.2, -0.15) is 11.8 Å². The van der Waals surface area contributed by atoms with E-state index < -0.39 is 5.97 Å². The van der Waals surface area contributed by atoms with Crippen LogP contribution >= 0.6 is 11.8 Å². The second-order valence-electron chi connectivity index (χ2n) is 4.72. The molecule has 1 aromatic heterocycles. The molecule has 2 rings (SSSR count). The molecule has 2 heterocycles. The van der Waals surface area contributed by atoms with Gasteiger partial charge in [-0.15, -0.1) is 0 Å². The monoisotopic (exact) mass is 267 g/mol. The summed E-state index contributed by atoms with van der Waals surface area (Å²) < 4.78 is 0.222. The molecule has 0 radical (unpaired) electrons. The molecule has 6 heteroatoms. The van der Waals surface area contributed by atoms with Crippen molar-refractivity contribution in [3.8, 4) is 0 Å². The molecule has 1 aliphatic heterocycles. The first-order chi connectivity index (χ1) is 8.50. The van der Waals surface area contributed by atoms with E-state index in [-0.39, 0.29) is 10.3 Å². The van der Waals surface area contributed by atoms with E-state index in [1.54, 1.807) is 0 Å². The van der Waals surface area contributed by atoms with Crippen LogP contribution in [0.25, 0.3) is 0 Å². The molecule has 0 bridgehead atoms. The van der Waals surface area contributed by atoms with Gasteiger partial charge in [0.1, 0.15) is 5.82 Å². The van der Waals surface area contributed by atoms with E-state index in [4.69, 9.17) is 10.8 Å². The fraction of sp³-hybridized carbons (Fsp3) is 0.500. The molecule has 4 N–H and O–H groups in total. The number of aromatic nitrogens is 1. The maximum Gasteiger partial charge on any atom is 0.337 e. The number of carboxylic acid groups (broad SMARTS) is 1. The third kappa shape index (κ3) is 2.87. The molecule has 1 aliphatic rings. The van der Waals surface area contributed by atoms with Crippen LogP contribution in [0, 0.1) is 0 Å². The van der Waals surface area contributed by atoms with Gasteiger partial charge in [0.25, 0.3) is 0 Å². The van der Waals surface area contributed by atoms with E-state index in [1.165, 1.54) is 30.9 Å². The van der Waals surface area contributed by atoms with Gasteiger partial charge in [0.15, 0.2) is 0 Å². The number of aromatic carboxylic acids is 1. The lowest BCUT2D eigenvalue weighted by Crippen LogP contribution is -2.27. The van der Waals surface area contributed by atoms with Gasteiger partial charge in [-0.1, -0.05) is 0 Å². The lowest BCUT2D eigenvalue weighted by Gasteiger charge is -2.23. The summed E-state index contributed by atoms with van der Waals surface area (Å²) >= 11 is 1.95. The van der Waals surface area contributed by atoms with Gasteiger partial charge in [0.05, 0.1) is 11.3 Å². The van der Waals surface area contributed by atoms with Crippen LogP contribution in [0.15, 0.2) is 12.3 Å². The van der Waals surface area contributed by atoms with Crippen molar-refractivity contribution in [3.63, 3.8) is 0 Å². The van der Waals surface area contributed by atoms with E-state index in [0.717, 1.165) is 6.54 Å². The normalized spacial score (nSPS) is 22.9. The Morgan fingerprint density at radius 3 is 3.06 bits per heavy atom. The van der Waals surface area contributed by atoms with Gasteiger partial charge in [0.2, 0.25) is 0 Å². The van der Waals surface area contributed by atoms with Crippen LogP contribution in [0.2, 0.25) is 0 Å². The Labute approximate surface area is 110 Å². The lowest BCUT2D eigenvalue weighted by molar-refractivity contribution is 0.0696. The third-order valence-electron chi connectivity index (χ3n) is 3.09. The highest BCUT2D eigenvalue weighted by atomic mass is 32.2. The summed E-state index contributed by atoms with van der Waals surface area (Å²) in [5.74, 6) is 0.742. The van der Waals surface area contributed by atoms with Crippen molar-refractivity contribution in [1.82, 2.24) is 4.98 Å². The molecule has 1 aromatic rings. The summed E-state index contributed by atoms with van der Waals surface area (Å²) in [5.41, 5.74) is 6.28. The standard InChI is InChI=1S/C12H17N3O2S/c1-12(3-2-4-18-12)7-15-10-9(13)5-8(6-14-10)11(16)17/h5-6H,2-4,7,13H2,1H3,(H,14,15)(H,16,17). The molecular formula is C12H17N3O2S. The summed E-state index contributed by atoms with van der Waals surface area (Å²) in [5, 5.41) is 12.0. The minimum absolute atomic E-state index is 0.111. The summed E-state index contributed by atoms with van der Waals surface area (Å²) in [4.78, 5) is 14.8. The minimum atomic E-state index is -1.01. The SMILES string of the molecule is CC1(CNc2ncc(C(=O)O)cc2N)CCCS1. The van der Waals surface area contributed by atoms with Gasteiger partial charge >= 0.3 is 5.97 Å². The lowest BCUT2D eigenvalue weighted by atomic mass is 10.1. The second-order valence-corrected chi connectivity index (χ2v) is 6.40. The number of hydrogen-bond donors (Lipinski definition) is 3. The molecule has 1 unspecified atom stereocenters. The number of nitrogen functional groups attached to an aromatic ring is 1.